The highest BCUT2D eigenvalue weighted by molar-refractivity contribution is 6.06. The largest absolute Gasteiger partial charge is 0.481 e. The molecule has 0 aromatic heterocycles. The van der Waals surface area contributed by atoms with Crippen LogP contribution < -0.4 is 0 Å². The molecule has 1 aliphatic carbocycles. The van der Waals surface area contributed by atoms with E-state index in [0.29, 0.717) is 25.4 Å². The van der Waals surface area contributed by atoms with Crippen molar-refractivity contribution in [3.05, 3.63) is 0 Å². The molecule has 2 saturated heterocycles. The maximum absolute atomic E-state index is 13.4. The van der Waals surface area contributed by atoms with E-state index in [0.717, 1.165) is 49.8 Å². The van der Waals surface area contributed by atoms with E-state index in [1.807, 2.05) is 0 Å². The fraction of sp³-hybridized carbons (Fsp3) is 0.818. The van der Waals surface area contributed by atoms with E-state index in [-0.39, 0.29) is 12.5 Å². The third-order valence-corrected chi connectivity index (χ3v) is 7.35. The van der Waals surface area contributed by atoms with Gasteiger partial charge in [0.2, 0.25) is 5.91 Å². The number of piperidine rings is 1. The third kappa shape index (κ3) is 4.32. The fourth-order valence-corrected chi connectivity index (χ4v) is 5.11. The monoisotopic (exact) mass is 421 g/mol. The summed E-state index contributed by atoms with van der Waals surface area (Å²) < 4.78 is 0. The van der Waals surface area contributed by atoms with Crippen molar-refractivity contribution < 1.29 is 24.3 Å². The minimum Gasteiger partial charge on any atom is -0.481 e. The molecule has 0 radical (unpaired) electrons. The van der Waals surface area contributed by atoms with Gasteiger partial charge < -0.3 is 14.9 Å². The lowest BCUT2D eigenvalue weighted by Crippen LogP contribution is -2.48. The van der Waals surface area contributed by atoms with E-state index >= 15 is 0 Å². The Morgan fingerprint density at radius 2 is 1.63 bits per heavy atom. The first-order valence-electron chi connectivity index (χ1n) is 11.3. The number of hydrogen-bond acceptors (Lipinski definition) is 4. The lowest BCUT2D eigenvalue weighted by Gasteiger charge is -2.34. The van der Waals surface area contributed by atoms with E-state index in [1.165, 1.54) is 4.90 Å². The van der Waals surface area contributed by atoms with Crippen LogP contribution in [0.2, 0.25) is 0 Å². The number of carbonyl (C=O) groups excluding carboxylic acids is 3. The molecule has 30 heavy (non-hydrogen) atoms. The Morgan fingerprint density at radius 3 is 2.13 bits per heavy atom. The molecule has 3 aliphatic rings. The highest BCUT2D eigenvalue weighted by Gasteiger charge is 2.51. The maximum Gasteiger partial charge on any atom is 0.327 e. The molecule has 2 heterocycles. The molecular formula is C22H35N3O5. The molecule has 0 aromatic rings. The number of likely N-dealkylation sites (tertiary alicyclic amines) is 1. The van der Waals surface area contributed by atoms with E-state index < -0.39 is 35.3 Å². The highest BCUT2D eigenvalue weighted by Crippen LogP contribution is 2.36. The van der Waals surface area contributed by atoms with Crippen LogP contribution in [0.25, 0.3) is 0 Å². The topological polar surface area (TPSA) is 98.2 Å². The Labute approximate surface area is 178 Å². The van der Waals surface area contributed by atoms with Crippen LogP contribution in [0.4, 0.5) is 4.79 Å². The third-order valence-electron chi connectivity index (χ3n) is 7.35. The van der Waals surface area contributed by atoms with Gasteiger partial charge in [0.15, 0.2) is 0 Å². The molecule has 8 heteroatoms. The number of aliphatic carboxylic acids is 1. The second kappa shape index (κ2) is 8.94. The van der Waals surface area contributed by atoms with E-state index in [4.69, 9.17) is 0 Å². The summed E-state index contributed by atoms with van der Waals surface area (Å²) in [7, 11) is 1.55. The van der Waals surface area contributed by atoms with Gasteiger partial charge in [-0.05, 0) is 45.4 Å². The van der Waals surface area contributed by atoms with Crippen LogP contribution in [-0.2, 0) is 14.4 Å². The van der Waals surface area contributed by atoms with Crippen LogP contribution in [0.5, 0.6) is 0 Å². The zero-order valence-corrected chi connectivity index (χ0v) is 18.4. The number of urea groups is 1. The molecule has 168 valence electrons. The number of amides is 4. The number of nitrogens with zero attached hydrogens (tertiary/aromatic N) is 3. The van der Waals surface area contributed by atoms with Crippen LogP contribution in [0.3, 0.4) is 0 Å². The number of carboxylic acid groups (broad SMARTS) is 1. The number of carbonyl (C=O) groups is 4. The summed E-state index contributed by atoms with van der Waals surface area (Å²) in [6, 6.07) is -0.499. The molecule has 0 aromatic carbocycles. The van der Waals surface area contributed by atoms with Gasteiger partial charge in [-0.2, -0.15) is 0 Å². The number of imide groups is 1. The molecule has 8 nitrogen and oxygen atoms in total. The van der Waals surface area contributed by atoms with Crippen molar-refractivity contribution in [2.75, 3.05) is 26.7 Å². The second-order valence-electron chi connectivity index (χ2n) is 9.64. The average molecular weight is 422 g/mol. The van der Waals surface area contributed by atoms with E-state index in [1.54, 1.807) is 25.8 Å². The van der Waals surface area contributed by atoms with Crippen molar-refractivity contribution in [3.8, 4) is 0 Å². The minimum atomic E-state index is -1.11. The molecule has 0 unspecified atom stereocenters. The number of rotatable bonds is 7. The zero-order valence-electron chi connectivity index (χ0n) is 18.4. The Hall–Kier alpha value is -2.12. The first kappa shape index (κ1) is 22.6. The van der Waals surface area contributed by atoms with Crippen molar-refractivity contribution in [2.24, 2.45) is 17.8 Å². The molecule has 1 N–H and O–H groups in total. The normalized spacial score (nSPS) is 24.4. The fourth-order valence-electron chi connectivity index (χ4n) is 5.11. The molecule has 1 saturated carbocycles. The van der Waals surface area contributed by atoms with Gasteiger partial charge in [-0.25, -0.2) is 4.79 Å². The Kier molecular flexibility index (Phi) is 6.72. The molecular weight excluding hydrogens is 386 g/mol. The number of carboxylic acids is 1. The van der Waals surface area contributed by atoms with Gasteiger partial charge in [0, 0.05) is 26.7 Å². The predicted molar refractivity (Wildman–Crippen MR) is 111 cm³/mol. The van der Waals surface area contributed by atoms with Crippen molar-refractivity contribution in [1.29, 1.82) is 0 Å². The summed E-state index contributed by atoms with van der Waals surface area (Å²) in [5, 5.41) is 10.1. The zero-order chi connectivity index (χ0) is 22.1. The smallest absolute Gasteiger partial charge is 0.327 e. The Morgan fingerprint density at radius 1 is 1.03 bits per heavy atom. The van der Waals surface area contributed by atoms with Gasteiger partial charge in [-0.15, -0.1) is 0 Å². The molecule has 3 fully saturated rings. The van der Waals surface area contributed by atoms with Crippen LogP contribution >= 0.6 is 0 Å². The Balaban J connectivity index is 1.85. The highest BCUT2D eigenvalue weighted by atomic mass is 16.4. The first-order valence-corrected chi connectivity index (χ1v) is 11.3. The van der Waals surface area contributed by atoms with Crippen LogP contribution in [0.1, 0.15) is 65.2 Å². The van der Waals surface area contributed by atoms with Crippen LogP contribution in [-0.4, -0.2) is 75.8 Å². The molecule has 0 bridgehead atoms. The van der Waals surface area contributed by atoms with Gasteiger partial charge in [0.1, 0.15) is 5.54 Å². The molecule has 2 atom stereocenters. The first-order chi connectivity index (χ1) is 14.1. The molecule has 4 amide bonds. The van der Waals surface area contributed by atoms with Crippen LogP contribution in [0, 0.1) is 17.8 Å². The van der Waals surface area contributed by atoms with Crippen LogP contribution in [0.15, 0.2) is 0 Å². The van der Waals surface area contributed by atoms with Gasteiger partial charge in [0.05, 0.1) is 11.8 Å². The average Bonchev–Trinajstić information content (AvgIpc) is 3.28. The molecule has 2 aliphatic heterocycles. The summed E-state index contributed by atoms with van der Waals surface area (Å²) in [5.74, 6) is -3.12. The summed E-state index contributed by atoms with van der Waals surface area (Å²) >= 11 is 0. The summed E-state index contributed by atoms with van der Waals surface area (Å²) in [6.45, 7) is 4.36. The van der Waals surface area contributed by atoms with Crippen molar-refractivity contribution in [1.82, 2.24) is 14.7 Å². The summed E-state index contributed by atoms with van der Waals surface area (Å²) in [4.78, 5) is 55.4. The minimum absolute atomic E-state index is 0.124. The standard InChI is InChI=1S/C22H35N3O5/c1-22(2)20(29)25(21(30)23(22)3)14-17(19(27)28)16(13-15-9-5-6-10-15)18(26)24-11-7-4-8-12-24/h15-17H,4-14H2,1-3H3,(H,27,28)/t16-,17+/m1/s1. The lowest BCUT2D eigenvalue weighted by molar-refractivity contribution is -0.153. The summed E-state index contributed by atoms with van der Waals surface area (Å²) in [5.41, 5.74) is -1.02. The van der Waals surface area contributed by atoms with Crippen molar-refractivity contribution in [3.63, 3.8) is 0 Å². The Bertz CT molecular complexity index is 695. The number of likely N-dealkylation sites (N-methyl/N-ethyl adjacent to an activating group) is 1. The SMILES string of the molecule is CN1C(=O)N(C[C@H](C(=O)O)[C@@H](CC2CCCC2)C(=O)N2CCCCC2)C(=O)C1(C)C. The number of hydrogen-bond donors (Lipinski definition) is 1. The maximum atomic E-state index is 13.4. The predicted octanol–water partition coefficient (Wildman–Crippen LogP) is 2.57. The van der Waals surface area contributed by atoms with Crippen molar-refractivity contribution >= 4 is 23.8 Å². The van der Waals surface area contributed by atoms with Crippen molar-refractivity contribution in [2.45, 2.75) is 70.8 Å². The van der Waals surface area contributed by atoms with Gasteiger partial charge in [-0.1, -0.05) is 25.7 Å². The van der Waals surface area contributed by atoms with Gasteiger partial charge in [-0.3, -0.25) is 19.3 Å². The lowest BCUT2D eigenvalue weighted by atomic mass is 9.81. The second-order valence-corrected chi connectivity index (χ2v) is 9.64. The van der Waals surface area contributed by atoms with E-state index in [9.17, 15) is 24.3 Å². The summed E-state index contributed by atoms with van der Waals surface area (Å²) in [6.07, 6.45) is 7.69. The quantitative estimate of drug-likeness (QED) is 0.637. The molecule has 3 rings (SSSR count). The molecule has 0 spiro atoms. The van der Waals surface area contributed by atoms with Gasteiger partial charge >= 0.3 is 12.0 Å². The van der Waals surface area contributed by atoms with E-state index in [2.05, 4.69) is 0 Å². The van der Waals surface area contributed by atoms with Gasteiger partial charge in [0.25, 0.3) is 5.91 Å².